The largest absolute Gasteiger partial charge is 0.344 e. The molecule has 2 heterocycles. The second-order valence-corrected chi connectivity index (χ2v) is 10.2. The molecule has 2 aliphatic rings. The molecule has 2 aromatic rings. The van der Waals surface area contributed by atoms with Gasteiger partial charge in [0.1, 0.15) is 11.9 Å². The van der Waals surface area contributed by atoms with Crippen LogP contribution < -0.4 is 5.32 Å². The zero-order valence-electron chi connectivity index (χ0n) is 21.5. The fourth-order valence-electron chi connectivity index (χ4n) is 5.28. The third-order valence-corrected chi connectivity index (χ3v) is 7.97. The number of imidazole rings is 1. The molecular weight excluding hydrogens is 442 g/mol. The number of nitrogens with one attached hydrogen (secondary N) is 1. The normalized spacial score (nSPS) is 19.0. The minimum absolute atomic E-state index is 0.00688. The van der Waals surface area contributed by atoms with Gasteiger partial charge in [-0.15, -0.1) is 0 Å². The summed E-state index contributed by atoms with van der Waals surface area (Å²) in [4.78, 5) is 47.6. The number of fused-ring (bicyclic) bond motifs is 1. The van der Waals surface area contributed by atoms with Crippen LogP contribution in [0.15, 0.2) is 18.2 Å². The number of carbonyl (C=O) groups is 3. The summed E-state index contributed by atoms with van der Waals surface area (Å²) in [5.41, 5.74) is 2.46. The first kappa shape index (κ1) is 25.2. The summed E-state index contributed by atoms with van der Waals surface area (Å²) in [5.74, 6) is 0.941. The van der Waals surface area contributed by atoms with Crippen LogP contribution in [0.5, 0.6) is 0 Å². The maximum Gasteiger partial charge on any atom is 0.254 e. The van der Waals surface area contributed by atoms with Crippen LogP contribution >= 0.6 is 0 Å². The van der Waals surface area contributed by atoms with Crippen molar-refractivity contribution in [2.45, 2.75) is 65.3 Å². The quantitative estimate of drug-likeness (QED) is 0.686. The molecule has 1 aromatic carbocycles. The van der Waals surface area contributed by atoms with E-state index in [1.165, 1.54) is 6.42 Å². The summed E-state index contributed by atoms with van der Waals surface area (Å²) in [5, 5.41) is 3.10. The highest BCUT2D eigenvalue weighted by atomic mass is 16.2. The van der Waals surface area contributed by atoms with Gasteiger partial charge in [-0.2, -0.15) is 0 Å². The first-order valence-corrected chi connectivity index (χ1v) is 13.1. The van der Waals surface area contributed by atoms with Crippen molar-refractivity contribution in [3.05, 3.63) is 29.6 Å². The Balaban J connectivity index is 1.42. The van der Waals surface area contributed by atoms with Crippen molar-refractivity contribution in [3.8, 4) is 0 Å². The van der Waals surface area contributed by atoms with E-state index in [1.807, 2.05) is 60.4 Å². The zero-order valence-corrected chi connectivity index (χ0v) is 21.5. The van der Waals surface area contributed by atoms with Crippen LogP contribution in [0.4, 0.5) is 0 Å². The van der Waals surface area contributed by atoms with E-state index in [-0.39, 0.29) is 29.6 Å². The van der Waals surface area contributed by atoms with Gasteiger partial charge < -0.3 is 19.7 Å². The van der Waals surface area contributed by atoms with Gasteiger partial charge in [-0.1, -0.05) is 33.1 Å². The van der Waals surface area contributed by atoms with Crippen LogP contribution in [0.1, 0.15) is 68.6 Å². The minimum atomic E-state index is -0.463. The summed E-state index contributed by atoms with van der Waals surface area (Å²) >= 11 is 0. The van der Waals surface area contributed by atoms with E-state index < -0.39 is 6.04 Å². The molecule has 0 radical (unpaired) electrons. The van der Waals surface area contributed by atoms with E-state index in [1.54, 1.807) is 0 Å². The van der Waals surface area contributed by atoms with E-state index >= 15 is 0 Å². The molecule has 0 bridgehead atoms. The molecule has 35 heavy (non-hydrogen) atoms. The highest BCUT2D eigenvalue weighted by Crippen LogP contribution is 2.28. The van der Waals surface area contributed by atoms with Crippen LogP contribution in [0.2, 0.25) is 0 Å². The van der Waals surface area contributed by atoms with Gasteiger partial charge in [0.05, 0.1) is 11.0 Å². The molecule has 1 N–H and O–H groups in total. The van der Waals surface area contributed by atoms with Gasteiger partial charge in [0.25, 0.3) is 5.91 Å². The fourth-order valence-corrected chi connectivity index (χ4v) is 5.28. The van der Waals surface area contributed by atoms with Gasteiger partial charge in [0.2, 0.25) is 11.8 Å². The zero-order chi connectivity index (χ0) is 25.1. The lowest BCUT2D eigenvalue weighted by Gasteiger charge is -2.39. The molecule has 190 valence electrons. The molecular formula is C27H39N5O3. The Morgan fingerprint density at radius 2 is 1.71 bits per heavy atom. The average molecular weight is 482 g/mol. The number of amides is 3. The highest BCUT2D eigenvalue weighted by molar-refractivity contribution is 5.97. The number of piperazine rings is 1. The van der Waals surface area contributed by atoms with Crippen LogP contribution in [-0.2, 0) is 16.6 Å². The second kappa shape index (κ2) is 10.8. The highest BCUT2D eigenvalue weighted by Gasteiger charge is 2.36. The molecule has 1 saturated carbocycles. The van der Waals surface area contributed by atoms with Crippen molar-refractivity contribution in [1.29, 1.82) is 0 Å². The molecule has 8 heteroatoms. The molecule has 2 atom stereocenters. The number of aromatic nitrogens is 2. The lowest BCUT2D eigenvalue weighted by Crippen LogP contribution is -2.58. The maximum absolute atomic E-state index is 13.6. The molecule has 1 aliphatic carbocycles. The first-order valence-electron chi connectivity index (χ1n) is 13.1. The average Bonchev–Trinajstić information content (AvgIpc) is 3.18. The molecule has 2 fully saturated rings. The summed E-state index contributed by atoms with van der Waals surface area (Å²) in [7, 11) is 1.95. The van der Waals surface area contributed by atoms with Gasteiger partial charge in [-0.3, -0.25) is 14.4 Å². The smallest absolute Gasteiger partial charge is 0.254 e. The molecule has 0 unspecified atom stereocenters. The van der Waals surface area contributed by atoms with Gasteiger partial charge >= 0.3 is 0 Å². The van der Waals surface area contributed by atoms with Gasteiger partial charge in [-0.05, 0) is 50.3 Å². The van der Waals surface area contributed by atoms with Crippen molar-refractivity contribution in [2.75, 3.05) is 26.2 Å². The van der Waals surface area contributed by atoms with E-state index in [0.717, 1.165) is 49.0 Å². The molecule has 0 spiro atoms. The van der Waals surface area contributed by atoms with Gasteiger partial charge in [-0.25, -0.2) is 4.98 Å². The third kappa shape index (κ3) is 5.36. The van der Waals surface area contributed by atoms with Gasteiger partial charge in [0, 0.05) is 44.7 Å². The summed E-state index contributed by atoms with van der Waals surface area (Å²) in [6.45, 7) is 7.80. The Hall–Kier alpha value is -2.90. The SMILES string of the molecule is CC[C@@H](C)C(=O)N[C@H](C(=O)N1CCN(C(=O)c2ccc3nc(C)n(C)c3c2)CC1)C1CCCCC1. The molecule has 4 rings (SSSR count). The lowest BCUT2D eigenvalue weighted by atomic mass is 9.83. The number of hydrogen-bond donors (Lipinski definition) is 1. The summed E-state index contributed by atoms with van der Waals surface area (Å²) < 4.78 is 1.99. The minimum Gasteiger partial charge on any atom is -0.344 e. The Morgan fingerprint density at radius 1 is 1.06 bits per heavy atom. The van der Waals surface area contributed by atoms with Crippen molar-refractivity contribution < 1.29 is 14.4 Å². The van der Waals surface area contributed by atoms with Crippen LogP contribution in [0.25, 0.3) is 11.0 Å². The number of nitrogens with zero attached hydrogens (tertiary/aromatic N) is 4. The van der Waals surface area contributed by atoms with Crippen molar-refractivity contribution in [1.82, 2.24) is 24.7 Å². The molecule has 8 nitrogen and oxygen atoms in total. The number of benzene rings is 1. The third-order valence-electron chi connectivity index (χ3n) is 7.97. The number of rotatable bonds is 6. The maximum atomic E-state index is 13.6. The van der Waals surface area contributed by atoms with Crippen LogP contribution in [-0.4, -0.2) is 69.3 Å². The van der Waals surface area contributed by atoms with Crippen molar-refractivity contribution in [2.24, 2.45) is 18.9 Å². The van der Waals surface area contributed by atoms with Crippen molar-refractivity contribution in [3.63, 3.8) is 0 Å². The Labute approximate surface area is 208 Å². The fraction of sp³-hybridized carbons (Fsp3) is 0.630. The molecule has 1 aliphatic heterocycles. The summed E-state index contributed by atoms with van der Waals surface area (Å²) in [6.07, 6.45) is 6.12. The summed E-state index contributed by atoms with van der Waals surface area (Å²) in [6, 6.07) is 5.16. The number of carbonyl (C=O) groups excluding carboxylic acids is 3. The predicted octanol–water partition coefficient (Wildman–Crippen LogP) is 3.28. The van der Waals surface area contributed by atoms with E-state index in [2.05, 4.69) is 10.3 Å². The molecule has 1 aromatic heterocycles. The van der Waals surface area contributed by atoms with Crippen molar-refractivity contribution >= 4 is 28.8 Å². The lowest BCUT2D eigenvalue weighted by molar-refractivity contribution is -0.140. The standard InChI is InChI=1S/C27H39N5O3/c1-5-18(2)25(33)29-24(20-9-7-6-8-10-20)27(35)32-15-13-31(14-16-32)26(34)21-11-12-22-23(17-21)30(4)19(3)28-22/h11-12,17-18,20,24H,5-10,13-16H2,1-4H3,(H,29,33)/t18-,24+/m1/s1. The number of hydrogen-bond acceptors (Lipinski definition) is 4. The second-order valence-electron chi connectivity index (χ2n) is 10.2. The monoisotopic (exact) mass is 481 g/mol. The van der Waals surface area contributed by atoms with Crippen LogP contribution in [0, 0.1) is 18.8 Å². The first-order chi connectivity index (χ1) is 16.8. The Bertz CT molecular complexity index is 1080. The van der Waals surface area contributed by atoms with E-state index in [0.29, 0.717) is 31.7 Å². The van der Waals surface area contributed by atoms with E-state index in [4.69, 9.17) is 0 Å². The molecule has 1 saturated heterocycles. The molecule has 3 amide bonds. The topological polar surface area (TPSA) is 87.5 Å². The Morgan fingerprint density at radius 3 is 2.37 bits per heavy atom. The van der Waals surface area contributed by atoms with Crippen LogP contribution in [0.3, 0.4) is 0 Å². The predicted molar refractivity (Wildman–Crippen MR) is 136 cm³/mol. The van der Waals surface area contributed by atoms with E-state index in [9.17, 15) is 14.4 Å². The Kier molecular flexibility index (Phi) is 7.77. The van der Waals surface area contributed by atoms with Gasteiger partial charge in [0.15, 0.2) is 0 Å². The number of aryl methyl sites for hydroxylation is 2.